The van der Waals surface area contributed by atoms with Crippen molar-refractivity contribution in [3.05, 3.63) is 34.9 Å². The van der Waals surface area contributed by atoms with Crippen LogP contribution in [-0.2, 0) is 0 Å². The zero-order valence-electron chi connectivity index (χ0n) is 9.96. The molecule has 1 aromatic carbocycles. The van der Waals surface area contributed by atoms with Crippen LogP contribution in [0.2, 0.25) is 0 Å². The van der Waals surface area contributed by atoms with Gasteiger partial charge in [0, 0.05) is 6.04 Å². The molecule has 1 aromatic rings. The summed E-state index contributed by atoms with van der Waals surface area (Å²) in [5.74, 6) is 1.31. The van der Waals surface area contributed by atoms with Crippen LogP contribution >= 0.6 is 0 Å². The molecule has 82 valence electrons. The molecule has 1 fully saturated rings. The van der Waals surface area contributed by atoms with Gasteiger partial charge in [0.2, 0.25) is 0 Å². The molecule has 0 radical (unpaired) electrons. The highest BCUT2D eigenvalue weighted by Crippen LogP contribution is 2.38. The highest BCUT2D eigenvalue weighted by Gasteiger charge is 2.31. The normalized spacial score (nSPS) is 30.8. The average molecular weight is 203 g/mol. The van der Waals surface area contributed by atoms with Gasteiger partial charge >= 0.3 is 0 Å². The maximum Gasteiger partial charge on any atom is 0.00705 e. The maximum absolute atomic E-state index is 6.07. The second-order valence-electron chi connectivity index (χ2n) is 5.05. The Morgan fingerprint density at radius 1 is 1.13 bits per heavy atom. The zero-order chi connectivity index (χ0) is 11.0. The van der Waals surface area contributed by atoms with Crippen molar-refractivity contribution in [3.8, 4) is 0 Å². The first kappa shape index (κ1) is 10.7. The largest absolute Gasteiger partial charge is 0.327 e. The number of rotatable bonds is 1. The van der Waals surface area contributed by atoms with E-state index in [1.807, 2.05) is 0 Å². The van der Waals surface area contributed by atoms with Gasteiger partial charge in [-0.3, -0.25) is 0 Å². The lowest BCUT2D eigenvalue weighted by molar-refractivity contribution is 0.479. The van der Waals surface area contributed by atoms with E-state index >= 15 is 0 Å². The van der Waals surface area contributed by atoms with E-state index in [0.717, 1.165) is 0 Å². The number of hydrogen-bond donors (Lipinski definition) is 1. The van der Waals surface area contributed by atoms with Crippen molar-refractivity contribution in [2.75, 3.05) is 0 Å². The Bertz CT molecular complexity index is 356. The fraction of sp³-hybridized carbons (Fsp3) is 0.571. The molecule has 0 heterocycles. The summed E-state index contributed by atoms with van der Waals surface area (Å²) in [4.78, 5) is 0. The van der Waals surface area contributed by atoms with Gasteiger partial charge in [0.15, 0.2) is 0 Å². The highest BCUT2D eigenvalue weighted by molar-refractivity contribution is 5.33. The van der Waals surface area contributed by atoms with Gasteiger partial charge in [-0.1, -0.05) is 25.1 Å². The van der Waals surface area contributed by atoms with Crippen molar-refractivity contribution < 1.29 is 0 Å². The summed E-state index contributed by atoms with van der Waals surface area (Å²) in [5.41, 5.74) is 10.3. The number of nitrogens with two attached hydrogens (primary N) is 1. The van der Waals surface area contributed by atoms with E-state index in [-0.39, 0.29) is 0 Å². The summed E-state index contributed by atoms with van der Waals surface area (Å²) in [5, 5.41) is 0. The first-order valence-corrected chi connectivity index (χ1v) is 5.92. The minimum atomic E-state index is 0.400. The van der Waals surface area contributed by atoms with E-state index in [9.17, 15) is 0 Å². The quantitative estimate of drug-likeness (QED) is 0.745. The first-order valence-electron chi connectivity index (χ1n) is 5.92. The summed E-state index contributed by atoms with van der Waals surface area (Å²) in [6, 6.07) is 7.26. The Labute approximate surface area is 92.7 Å². The van der Waals surface area contributed by atoms with Crippen LogP contribution < -0.4 is 5.73 Å². The number of benzene rings is 1. The van der Waals surface area contributed by atoms with Crippen LogP contribution in [-0.4, -0.2) is 6.04 Å². The molecular weight excluding hydrogens is 182 g/mol. The van der Waals surface area contributed by atoms with Gasteiger partial charge < -0.3 is 5.73 Å². The molecular formula is C14H21N. The van der Waals surface area contributed by atoms with Gasteiger partial charge in [0.25, 0.3) is 0 Å². The first-order chi connectivity index (χ1) is 7.09. The summed E-state index contributed by atoms with van der Waals surface area (Å²) < 4.78 is 0. The van der Waals surface area contributed by atoms with E-state index in [1.165, 1.54) is 29.5 Å². The fourth-order valence-corrected chi connectivity index (χ4v) is 2.66. The Morgan fingerprint density at radius 2 is 1.87 bits per heavy atom. The summed E-state index contributed by atoms with van der Waals surface area (Å²) in [7, 11) is 0. The third-order valence-electron chi connectivity index (χ3n) is 4.08. The lowest BCUT2D eigenvalue weighted by Crippen LogP contribution is -2.24. The van der Waals surface area contributed by atoms with Crippen LogP contribution in [0.1, 0.15) is 42.4 Å². The van der Waals surface area contributed by atoms with E-state index in [1.54, 1.807) is 0 Å². The molecule has 0 aromatic heterocycles. The Balaban J connectivity index is 2.26. The van der Waals surface area contributed by atoms with Crippen molar-refractivity contribution in [2.45, 2.75) is 45.6 Å². The molecule has 0 aliphatic heterocycles. The van der Waals surface area contributed by atoms with Gasteiger partial charge in [0.05, 0.1) is 0 Å². The minimum absolute atomic E-state index is 0.400. The van der Waals surface area contributed by atoms with Crippen LogP contribution in [0, 0.1) is 19.8 Å². The SMILES string of the molecule is Cc1ccc(C2CCC(N)C2C)cc1C. The Morgan fingerprint density at radius 3 is 2.40 bits per heavy atom. The van der Waals surface area contributed by atoms with Crippen LogP contribution in [0.15, 0.2) is 18.2 Å². The number of aryl methyl sites for hydroxylation is 2. The molecule has 1 aliphatic carbocycles. The van der Waals surface area contributed by atoms with Crippen molar-refractivity contribution >= 4 is 0 Å². The molecule has 0 bridgehead atoms. The van der Waals surface area contributed by atoms with E-state index in [4.69, 9.17) is 5.73 Å². The van der Waals surface area contributed by atoms with Gasteiger partial charge in [-0.15, -0.1) is 0 Å². The third-order valence-corrected chi connectivity index (χ3v) is 4.08. The lowest BCUT2D eigenvalue weighted by Gasteiger charge is -2.19. The second kappa shape index (κ2) is 3.97. The summed E-state index contributed by atoms with van der Waals surface area (Å²) >= 11 is 0. The predicted molar refractivity (Wildman–Crippen MR) is 65.0 cm³/mol. The molecule has 0 amide bonds. The molecule has 0 spiro atoms. The van der Waals surface area contributed by atoms with E-state index in [0.29, 0.717) is 17.9 Å². The lowest BCUT2D eigenvalue weighted by atomic mass is 9.87. The molecule has 1 heteroatoms. The van der Waals surface area contributed by atoms with Crippen LogP contribution in [0.3, 0.4) is 0 Å². The topological polar surface area (TPSA) is 26.0 Å². The van der Waals surface area contributed by atoms with E-state index in [2.05, 4.69) is 39.0 Å². The predicted octanol–water partition coefficient (Wildman–Crippen LogP) is 3.14. The van der Waals surface area contributed by atoms with Crippen LogP contribution in [0.5, 0.6) is 0 Å². The molecule has 1 nitrogen and oxygen atoms in total. The molecule has 2 rings (SSSR count). The molecule has 1 aliphatic rings. The standard InChI is InChI=1S/C14H21N/c1-9-4-5-12(8-10(9)2)13-6-7-14(15)11(13)3/h4-5,8,11,13-14H,6-7,15H2,1-3H3. The van der Waals surface area contributed by atoms with Crippen LogP contribution in [0.25, 0.3) is 0 Å². The van der Waals surface area contributed by atoms with Gasteiger partial charge in [-0.05, 0) is 55.2 Å². The third kappa shape index (κ3) is 1.93. The molecule has 15 heavy (non-hydrogen) atoms. The summed E-state index contributed by atoms with van der Waals surface area (Å²) in [6.07, 6.45) is 2.43. The molecule has 2 N–H and O–H groups in total. The smallest absolute Gasteiger partial charge is 0.00705 e. The Kier molecular flexibility index (Phi) is 2.83. The molecule has 1 saturated carbocycles. The maximum atomic E-state index is 6.07. The monoisotopic (exact) mass is 203 g/mol. The minimum Gasteiger partial charge on any atom is -0.327 e. The number of hydrogen-bond acceptors (Lipinski definition) is 1. The highest BCUT2D eigenvalue weighted by atomic mass is 14.7. The van der Waals surface area contributed by atoms with Crippen molar-refractivity contribution in [1.29, 1.82) is 0 Å². The average Bonchev–Trinajstić information content (AvgIpc) is 2.53. The summed E-state index contributed by atoms with van der Waals surface area (Å²) in [6.45, 7) is 6.65. The van der Waals surface area contributed by atoms with Crippen molar-refractivity contribution in [2.24, 2.45) is 11.7 Å². The molecule has 3 atom stereocenters. The van der Waals surface area contributed by atoms with Gasteiger partial charge in [0.1, 0.15) is 0 Å². The van der Waals surface area contributed by atoms with Gasteiger partial charge in [-0.2, -0.15) is 0 Å². The zero-order valence-corrected chi connectivity index (χ0v) is 9.96. The molecule has 3 unspecified atom stereocenters. The van der Waals surface area contributed by atoms with E-state index < -0.39 is 0 Å². The van der Waals surface area contributed by atoms with Crippen LogP contribution in [0.4, 0.5) is 0 Å². The van der Waals surface area contributed by atoms with Crippen molar-refractivity contribution in [1.82, 2.24) is 0 Å². The Hall–Kier alpha value is -0.820. The van der Waals surface area contributed by atoms with Crippen molar-refractivity contribution in [3.63, 3.8) is 0 Å². The van der Waals surface area contributed by atoms with Gasteiger partial charge in [-0.25, -0.2) is 0 Å². The molecule has 0 saturated heterocycles. The fourth-order valence-electron chi connectivity index (χ4n) is 2.66. The second-order valence-corrected chi connectivity index (χ2v) is 5.05.